The monoisotopic (exact) mass is 413 g/mol. The molecule has 0 saturated carbocycles. The maximum Gasteiger partial charge on any atom is 0.418 e. The van der Waals surface area contributed by atoms with Crippen LogP contribution in [-0.2, 0) is 20.5 Å². The number of esters is 1. The van der Waals surface area contributed by atoms with E-state index in [1.54, 1.807) is 24.3 Å². The summed E-state index contributed by atoms with van der Waals surface area (Å²) in [6.07, 6.45) is -2.18. The summed E-state index contributed by atoms with van der Waals surface area (Å²) in [5.74, 6) is -1.20. The summed E-state index contributed by atoms with van der Waals surface area (Å²) < 4.78 is 48.8. The van der Waals surface area contributed by atoms with Gasteiger partial charge in [-0.05, 0) is 35.9 Å². The van der Waals surface area contributed by atoms with Crippen molar-refractivity contribution in [3.05, 3.63) is 64.7 Å². The number of nitrogens with one attached hydrogen (secondary N) is 1. The Balaban J connectivity index is 1.96. The molecule has 0 unspecified atom stereocenters. The van der Waals surface area contributed by atoms with E-state index < -0.39 is 35.9 Å². The van der Waals surface area contributed by atoms with Gasteiger partial charge in [0.2, 0.25) is 0 Å². The molecule has 0 saturated heterocycles. The van der Waals surface area contributed by atoms with Gasteiger partial charge in [0.1, 0.15) is 5.75 Å². The molecule has 1 amide bonds. The first-order valence-electron chi connectivity index (χ1n) is 7.85. The number of hydrogen-bond acceptors (Lipinski definition) is 4. The van der Waals surface area contributed by atoms with E-state index in [4.69, 9.17) is 21.1 Å². The van der Waals surface area contributed by atoms with Gasteiger partial charge in [0.15, 0.2) is 6.61 Å². The zero-order valence-electron chi connectivity index (χ0n) is 14.5. The Kier molecular flexibility index (Phi) is 7.06. The number of ether oxygens (including phenoxy) is 2. The van der Waals surface area contributed by atoms with Gasteiger partial charge in [0.05, 0.1) is 23.4 Å². The summed E-state index contributed by atoms with van der Waals surface area (Å²) in [6.45, 7) is -0.774. The lowest BCUT2D eigenvalue weighted by Gasteiger charge is -2.15. The van der Waals surface area contributed by atoms with Crippen LogP contribution in [0.2, 0.25) is 5.02 Å². The number of benzene rings is 2. The summed E-state index contributed by atoms with van der Waals surface area (Å²) >= 11 is 5.74. The van der Waals surface area contributed by atoms with Gasteiger partial charge < -0.3 is 14.8 Å². The number of anilines is 1. The molecule has 0 aliphatic heterocycles. The van der Waals surface area contributed by atoms with Crippen molar-refractivity contribution < 1.29 is 32.2 Å². The number of alkyl halides is 3. The standard InChI is InChI=1S/C19H15ClF3NO4/c1-27-13-5-2-4-12(10-13)8-9-17(26)28-11-16(25)24-18-14(19(21,22)23)6-3-7-15(18)20/h2-10H,11H2,1H3,(H,24,25)/b9-8+. The average molecular weight is 414 g/mol. The molecule has 0 aliphatic carbocycles. The second-order valence-electron chi connectivity index (χ2n) is 5.43. The molecule has 0 spiro atoms. The van der Waals surface area contributed by atoms with Gasteiger partial charge in [-0.15, -0.1) is 0 Å². The van der Waals surface area contributed by atoms with Crippen LogP contribution in [0.3, 0.4) is 0 Å². The first-order chi connectivity index (χ1) is 13.2. The van der Waals surface area contributed by atoms with Crippen molar-refractivity contribution in [3.8, 4) is 5.75 Å². The van der Waals surface area contributed by atoms with Crippen molar-refractivity contribution in [2.24, 2.45) is 0 Å². The van der Waals surface area contributed by atoms with E-state index in [-0.39, 0.29) is 5.02 Å². The van der Waals surface area contributed by atoms with Gasteiger partial charge in [0.25, 0.3) is 5.91 Å². The number of amides is 1. The number of halogens is 4. The number of methoxy groups -OCH3 is 1. The third-order valence-electron chi connectivity index (χ3n) is 3.43. The van der Waals surface area contributed by atoms with Gasteiger partial charge in [-0.3, -0.25) is 4.79 Å². The maximum absolute atomic E-state index is 13.0. The maximum atomic E-state index is 13.0. The van der Waals surface area contributed by atoms with E-state index in [1.165, 1.54) is 19.3 Å². The molecule has 0 bridgehead atoms. The van der Waals surface area contributed by atoms with Crippen molar-refractivity contribution in [2.75, 3.05) is 19.0 Å². The molecule has 0 aliphatic rings. The minimum absolute atomic E-state index is 0.285. The number of carbonyl (C=O) groups is 2. The summed E-state index contributed by atoms with van der Waals surface area (Å²) in [5.41, 5.74) is -1.03. The third kappa shape index (κ3) is 6.02. The van der Waals surface area contributed by atoms with E-state index in [0.29, 0.717) is 11.3 Å². The number of hydrogen-bond donors (Lipinski definition) is 1. The predicted octanol–water partition coefficient (Wildman–Crippen LogP) is 4.56. The van der Waals surface area contributed by atoms with Crippen LogP contribution in [0.5, 0.6) is 5.75 Å². The van der Waals surface area contributed by atoms with Crippen LogP contribution in [0.15, 0.2) is 48.5 Å². The Morgan fingerprint density at radius 2 is 1.89 bits per heavy atom. The topological polar surface area (TPSA) is 64.6 Å². The predicted molar refractivity (Wildman–Crippen MR) is 98.1 cm³/mol. The Hall–Kier alpha value is -3.00. The SMILES string of the molecule is COc1cccc(/C=C/C(=O)OCC(=O)Nc2c(Cl)cccc2C(F)(F)F)c1. The molecule has 0 radical (unpaired) electrons. The molecule has 2 aromatic carbocycles. The van der Waals surface area contributed by atoms with Gasteiger partial charge in [-0.1, -0.05) is 29.8 Å². The molecule has 0 atom stereocenters. The lowest BCUT2D eigenvalue weighted by Crippen LogP contribution is -2.22. The van der Waals surface area contributed by atoms with Crippen molar-refractivity contribution in [1.29, 1.82) is 0 Å². The van der Waals surface area contributed by atoms with Crippen molar-refractivity contribution >= 4 is 35.2 Å². The van der Waals surface area contributed by atoms with E-state index >= 15 is 0 Å². The van der Waals surface area contributed by atoms with E-state index in [0.717, 1.165) is 18.2 Å². The van der Waals surface area contributed by atoms with E-state index in [9.17, 15) is 22.8 Å². The van der Waals surface area contributed by atoms with Crippen LogP contribution in [0.4, 0.5) is 18.9 Å². The zero-order valence-corrected chi connectivity index (χ0v) is 15.3. The summed E-state index contributed by atoms with van der Waals surface area (Å²) in [6, 6.07) is 9.94. The Morgan fingerprint density at radius 3 is 2.57 bits per heavy atom. The molecule has 0 aromatic heterocycles. The fourth-order valence-electron chi connectivity index (χ4n) is 2.16. The smallest absolute Gasteiger partial charge is 0.418 e. The molecule has 2 aromatic rings. The third-order valence-corrected chi connectivity index (χ3v) is 3.75. The van der Waals surface area contributed by atoms with Crippen LogP contribution >= 0.6 is 11.6 Å². The molecular formula is C19H15ClF3NO4. The Labute approximate surface area is 163 Å². The van der Waals surface area contributed by atoms with Gasteiger partial charge in [0, 0.05) is 6.08 Å². The molecule has 1 N–H and O–H groups in total. The van der Waals surface area contributed by atoms with Crippen molar-refractivity contribution in [1.82, 2.24) is 0 Å². The summed E-state index contributed by atoms with van der Waals surface area (Å²) in [7, 11) is 1.50. The molecule has 0 fully saturated rings. The average Bonchev–Trinajstić information content (AvgIpc) is 2.65. The fraction of sp³-hybridized carbons (Fsp3) is 0.158. The second kappa shape index (κ2) is 9.27. The molecular weight excluding hydrogens is 399 g/mol. The number of rotatable bonds is 6. The van der Waals surface area contributed by atoms with Crippen LogP contribution in [0.25, 0.3) is 6.08 Å². The zero-order chi connectivity index (χ0) is 20.7. The summed E-state index contributed by atoms with van der Waals surface area (Å²) in [5, 5.41) is 1.74. The highest BCUT2D eigenvalue weighted by Gasteiger charge is 2.34. The van der Waals surface area contributed by atoms with Gasteiger partial charge >= 0.3 is 12.1 Å². The van der Waals surface area contributed by atoms with Gasteiger partial charge in [-0.25, -0.2) is 4.79 Å². The second-order valence-corrected chi connectivity index (χ2v) is 5.83. The lowest BCUT2D eigenvalue weighted by atomic mass is 10.1. The minimum atomic E-state index is -4.70. The fourth-order valence-corrected chi connectivity index (χ4v) is 2.38. The number of para-hydroxylation sites is 1. The highest BCUT2D eigenvalue weighted by Crippen LogP contribution is 2.38. The Bertz CT molecular complexity index is 897. The first-order valence-corrected chi connectivity index (χ1v) is 8.23. The normalized spacial score (nSPS) is 11.3. The van der Waals surface area contributed by atoms with Crippen molar-refractivity contribution in [2.45, 2.75) is 6.18 Å². The van der Waals surface area contributed by atoms with Gasteiger partial charge in [-0.2, -0.15) is 13.2 Å². The number of carbonyl (C=O) groups excluding carboxylic acids is 2. The molecule has 9 heteroatoms. The molecule has 148 valence electrons. The van der Waals surface area contributed by atoms with Crippen LogP contribution in [-0.4, -0.2) is 25.6 Å². The van der Waals surface area contributed by atoms with Crippen molar-refractivity contribution in [3.63, 3.8) is 0 Å². The molecule has 5 nitrogen and oxygen atoms in total. The summed E-state index contributed by atoms with van der Waals surface area (Å²) in [4.78, 5) is 23.5. The van der Waals surface area contributed by atoms with Crippen LogP contribution in [0, 0.1) is 0 Å². The quantitative estimate of drug-likeness (QED) is 0.557. The first kappa shape index (κ1) is 21.3. The highest BCUT2D eigenvalue weighted by atomic mass is 35.5. The van der Waals surface area contributed by atoms with E-state index in [2.05, 4.69) is 0 Å². The highest BCUT2D eigenvalue weighted by molar-refractivity contribution is 6.34. The van der Waals surface area contributed by atoms with Crippen LogP contribution < -0.4 is 10.1 Å². The molecule has 0 heterocycles. The molecule has 2 rings (SSSR count). The van der Waals surface area contributed by atoms with Crippen LogP contribution in [0.1, 0.15) is 11.1 Å². The lowest BCUT2D eigenvalue weighted by molar-refractivity contribution is -0.142. The minimum Gasteiger partial charge on any atom is -0.497 e. The largest absolute Gasteiger partial charge is 0.497 e. The Morgan fingerprint density at radius 1 is 1.18 bits per heavy atom. The molecule has 28 heavy (non-hydrogen) atoms. The van der Waals surface area contributed by atoms with E-state index in [1.807, 2.05) is 5.32 Å².